The molecule has 5 heteroatoms. The van der Waals surface area contributed by atoms with Crippen molar-refractivity contribution in [1.29, 1.82) is 0 Å². The Labute approximate surface area is 123 Å². The molecule has 1 aromatic heterocycles. The van der Waals surface area contributed by atoms with E-state index < -0.39 is 11.5 Å². The molecule has 0 aliphatic rings. The van der Waals surface area contributed by atoms with E-state index in [1.54, 1.807) is 6.07 Å². The zero-order chi connectivity index (χ0) is 15.2. The molecule has 5 nitrogen and oxygen atoms in total. The molecule has 1 heterocycles. The van der Waals surface area contributed by atoms with Crippen LogP contribution in [-0.2, 0) is 13.1 Å². The molecule has 0 saturated heterocycles. The van der Waals surface area contributed by atoms with Crippen LogP contribution in [0.5, 0.6) is 0 Å². The van der Waals surface area contributed by atoms with Crippen LogP contribution in [0.2, 0.25) is 0 Å². The highest BCUT2D eigenvalue weighted by molar-refractivity contribution is 5.92. The molecule has 1 aromatic carbocycles. The SMILES string of the molecule is CCN(Cc1ccccc1)Cc1ccc(C(N)=O)c(=O)[nH]1. The summed E-state index contributed by atoms with van der Waals surface area (Å²) < 4.78 is 0. The van der Waals surface area contributed by atoms with E-state index in [9.17, 15) is 9.59 Å². The van der Waals surface area contributed by atoms with Crippen LogP contribution in [0.4, 0.5) is 0 Å². The first-order chi connectivity index (χ1) is 10.1. The van der Waals surface area contributed by atoms with Crippen molar-refractivity contribution in [2.75, 3.05) is 6.54 Å². The van der Waals surface area contributed by atoms with Crippen LogP contribution < -0.4 is 11.3 Å². The Balaban J connectivity index is 2.10. The number of carbonyl (C=O) groups excluding carboxylic acids is 1. The number of amides is 1. The standard InChI is InChI=1S/C16H19N3O2/c1-2-19(10-12-6-4-3-5-7-12)11-13-8-9-14(15(17)20)16(21)18-13/h3-9H,2,10-11H2,1H3,(H2,17,20)(H,18,21). The Bertz CT molecular complexity index is 665. The fourth-order valence-electron chi connectivity index (χ4n) is 2.16. The van der Waals surface area contributed by atoms with Gasteiger partial charge in [0.2, 0.25) is 0 Å². The van der Waals surface area contributed by atoms with Gasteiger partial charge in [0.05, 0.1) is 0 Å². The van der Waals surface area contributed by atoms with E-state index >= 15 is 0 Å². The van der Waals surface area contributed by atoms with Crippen LogP contribution in [0.15, 0.2) is 47.3 Å². The minimum absolute atomic E-state index is 0.00939. The van der Waals surface area contributed by atoms with Crippen molar-refractivity contribution in [3.8, 4) is 0 Å². The third-order valence-corrected chi connectivity index (χ3v) is 3.33. The van der Waals surface area contributed by atoms with Crippen LogP contribution in [0.25, 0.3) is 0 Å². The third-order valence-electron chi connectivity index (χ3n) is 3.33. The van der Waals surface area contributed by atoms with Gasteiger partial charge in [0.15, 0.2) is 0 Å². The molecular weight excluding hydrogens is 266 g/mol. The predicted octanol–water partition coefficient (Wildman–Crippen LogP) is 1.50. The van der Waals surface area contributed by atoms with Crippen molar-refractivity contribution in [1.82, 2.24) is 9.88 Å². The Kier molecular flexibility index (Phi) is 4.90. The summed E-state index contributed by atoms with van der Waals surface area (Å²) in [6, 6.07) is 13.4. The quantitative estimate of drug-likeness (QED) is 0.844. The molecule has 0 spiro atoms. The highest BCUT2D eigenvalue weighted by atomic mass is 16.2. The molecule has 0 saturated carbocycles. The second-order valence-corrected chi connectivity index (χ2v) is 4.88. The third kappa shape index (κ3) is 4.03. The van der Waals surface area contributed by atoms with Crippen molar-refractivity contribution in [2.45, 2.75) is 20.0 Å². The number of carbonyl (C=O) groups is 1. The molecule has 3 N–H and O–H groups in total. The highest BCUT2D eigenvalue weighted by Crippen LogP contribution is 2.07. The summed E-state index contributed by atoms with van der Waals surface area (Å²) in [5, 5.41) is 0. The van der Waals surface area contributed by atoms with Crippen molar-refractivity contribution in [3.63, 3.8) is 0 Å². The molecule has 1 amide bonds. The number of hydrogen-bond donors (Lipinski definition) is 2. The maximum absolute atomic E-state index is 11.7. The lowest BCUT2D eigenvalue weighted by Gasteiger charge is -2.20. The van der Waals surface area contributed by atoms with E-state index in [2.05, 4.69) is 28.9 Å². The summed E-state index contributed by atoms with van der Waals surface area (Å²) in [4.78, 5) is 27.7. The normalized spacial score (nSPS) is 10.8. The summed E-state index contributed by atoms with van der Waals surface area (Å²) >= 11 is 0. The Morgan fingerprint density at radius 2 is 1.86 bits per heavy atom. The molecule has 2 aromatic rings. The first-order valence-corrected chi connectivity index (χ1v) is 6.88. The second kappa shape index (κ2) is 6.85. The zero-order valence-electron chi connectivity index (χ0n) is 12.0. The van der Waals surface area contributed by atoms with Crippen LogP contribution in [0, 0.1) is 0 Å². The molecule has 0 unspecified atom stereocenters. The topological polar surface area (TPSA) is 79.2 Å². The Hall–Kier alpha value is -2.40. The molecule has 21 heavy (non-hydrogen) atoms. The zero-order valence-corrected chi connectivity index (χ0v) is 12.0. The molecular formula is C16H19N3O2. The lowest BCUT2D eigenvalue weighted by Crippen LogP contribution is -2.27. The smallest absolute Gasteiger partial charge is 0.261 e. The fourth-order valence-corrected chi connectivity index (χ4v) is 2.16. The highest BCUT2D eigenvalue weighted by Gasteiger charge is 2.09. The van der Waals surface area contributed by atoms with E-state index in [0.29, 0.717) is 6.54 Å². The number of pyridine rings is 1. The van der Waals surface area contributed by atoms with Gasteiger partial charge in [0.1, 0.15) is 5.56 Å². The maximum Gasteiger partial charge on any atom is 0.261 e. The Morgan fingerprint density at radius 3 is 2.43 bits per heavy atom. The summed E-state index contributed by atoms with van der Waals surface area (Å²) in [6.45, 7) is 4.34. The van der Waals surface area contributed by atoms with Gasteiger partial charge in [-0.25, -0.2) is 0 Å². The maximum atomic E-state index is 11.7. The number of nitrogens with zero attached hydrogens (tertiary/aromatic N) is 1. The molecule has 0 radical (unpaired) electrons. The average Bonchev–Trinajstić information content (AvgIpc) is 2.47. The number of benzene rings is 1. The van der Waals surface area contributed by atoms with Crippen LogP contribution in [0.1, 0.15) is 28.5 Å². The predicted molar refractivity (Wildman–Crippen MR) is 81.8 cm³/mol. The summed E-state index contributed by atoms with van der Waals surface area (Å²) in [5.41, 5.74) is 6.67. The largest absolute Gasteiger partial charge is 0.365 e. The molecule has 0 bridgehead atoms. The van der Waals surface area contributed by atoms with Gasteiger partial charge in [0.25, 0.3) is 11.5 Å². The monoisotopic (exact) mass is 285 g/mol. The first kappa shape index (κ1) is 15.0. The van der Waals surface area contributed by atoms with Gasteiger partial charge >= 0.3 is 0 Å². The molecule has 0 aliphatic heterocycles. The number of aromatic nitrogens is 1. The van der Waals surface area contributed by atoms with Crippen molar-refractivity contribution >= 4 is 5.91 Å². The molecule has 0 atom stereocenters. The lowest BCUT2D eigenvalue weighted by molar-refractivity contribution is 0.0999. The molecule has 0 fully saturated rings. The number of H-pyrrole nitrogens is 1. The van der Waals surface area contributed by atoms with Crippen molar-refractivity contribution < 1.29 is 4.79 Å². The van der Waals surface area contributed by atoms with Gasteiger partial charge in [0, 0.05) is 18.8 Å². The first-order valence-electron chi connectivity index (χ1n) is 6.88. The molecule has 110 valence electrons. The van der Waals surface area contributed by atoms with E-state index in [0.717, 1.165) is 18.8 Å². The summed E-state index contributed by atoms with van der Waals surface area (Å²) in [5.74, 6) is -0.709. The minimum atomic E-state index is -0.709. The lowest BCUT2D eigenvalue weighted by atomic mass is 10.2. The molecule has 2 rings (SSSR count). The van der Waals surface area contributed by atoms with Gasteiger partial charge in [-0.1, -0.05) is 37.3 Å². The summed E-state index contributed by atoms with van der Waals surface area (Å²) in [6.07, 6.45) is 0. The number of primary amides is 1. The number of hydrogen-bond acceptors (Lipinski definition) is 3. The summed E-state index contributed by atoms with van der Waals surface area (Å²) in [7, 11) is 0. The van der Waals surface area contributed by atoms with Gasteiger partial charge in [-0.2, -0.15) is 0 Å². The number of nitrogens with one attached hydrogen (secondary N) is 1. The van der Waals surface area contributed by atoms with Crippen molar-refractivity contribution in [2.24, 2.45) is 5.73 Å². The van der Waals surface area contributed by atoms with E-state index in [-0.39, 0.29) is 5.56 Å². The van der Waals surface area contributed by atoms with Gasteiger partial charge in [-0.3, -0.25) is 14.5 Å². The second-order valence-electron chi connectivity index (χ2n) is 4.88. The fraction of sp³-hybridized carbons (Fsp3) is 0.250. The van der Waals surface area contributed by atoms with Crippen LogP contribution in [-0.4, -0.2) is 22.3 Å². The number of aromatic amines is 1. The van der Waals surface area contributed by atoms with E-state index in [1.165, 1.54) is 11.6 Å². The molecule has 0 aliphatic carbocycles. The average molecular weight is 285 g/mol. The minimum Gasteiger partial charge on any atom is -0.365 e. The van der Waals surface area contributed by atoms with E-state index in [4.69, 9.17) is 5.73 Å². The van der Waals surface area contributed by atoms with Gasteiger partial charge in [-0.15, -0.1) is 0 Å². The number of rotatable bonds is 6. The van der Waals surface area contributed by atoms with Crippen LogP contribution >= 0.6 is 0 Å². The van der Waals surface area contributed by atoms with E-state index in [1.807, 2.05) is 18.2 Å². The van der Waals surface area contributed by atoms with Gasteiger partial charge in [-0.05, 0) is 24.2 Å². The number of nitrogens with two attached hydrogens (primary N) is 1. The van der Waals surface area contributed by atoms with Gasteiger partial charge < -0.3 is 10.7 Å². The Morgan fingerprint density at radius 1 is 1.14 bits per heavy atom. The van der Waals surface area contributed by atoms with Crippen molar-refractivity contribution in [3.05, 3.63) is 69.6 Å². The van der Waals surface area contributed by atoms with Crippen LogP contribution in [0.3, 0.4) is 0 Å².